The first kappa shape index (κ1) is 37.8. The monoisotopic (exact) mass is 758 g/mol. The van der Waals surface area contributed by atoms with Crippen LogP contribution < -0.4 is 20.7 Å². The lowest BCUT2D eigenvalue weighted by Crippen LogP contribution is -2.52. The van der Waals surface area contributed by atoms with Gasteiger partial charge >= 0.3 is 6.03 Å². The number of H-pyrrole nitrogens is 1. The largest absolute Gasteiger partial charge is 0.491 e. The molecule has 15 heteroatoms. The second-order valence-electron chi connectivity index (χ2n) is 14.4. The lowest BCUT2D eigenvalue weighted by Gasteiger charge is -2.29. The zero-order valence-electron chi connectivity index (χ0n) is 31.3. The number of aromatic nitrogens is 4. The highest BCUT2D eigenvalue weighted by Gasteiger charge is 2.39. The fraction of sp³-hybridized carbons (Fsp3) is 0.317. The number of benzene rings is 3. The molecular weight excluding hydrogens is 716 g/mol. The fourth-order valence-corrected chi connectivity index (χ4v) is 6.44. The Kier molecular flexibility index (Phi) is 11.1. The molecule has 1 saturated heterocycles. The number of hydrogen-bond acceptors (Lipinski definition) is 9. The fourth-order valence-electron chi connectivity index (χ4n) is 6.44. The number of carbonyl (C=O) groups is 4. The maximum atomic E-state index is 13.0. The molecule has 5 amide bonds. The van der Waals surface area contributed by atoms with Crippen molar-refractivity contribution in [3.8, 4) is 23.3 Å². The average Bonchev–Trinajstić information content (AvgIpc) is 3.90. The number of rotatable bonds is 12. The Morgan fingerprint density at radius 1 is 0.964 bits per heavy atom. The number of urea groups is 1. The molecule has 0 spiro atoms. The first-order valence-corrected chi connectivity index (χ1v) is 18.3. The first-order chi connectivity index (χ1) is 27.0. The van der Waals surface area contributed by atoms with Gasteiger partial charge in [0.2, 0.25) is 11.8 Å². The van der Waals surface area contributed by atoms with Crippen LogP contribution in [0.4, 0.5) is 16.3 Å². The number of ether oxygens (including phenoxy) is 3. The molecule has 4 heterocycles. The minimum atomic E-state index is -0.670. The van der Waals surface area contributed by atoms with Gasteiger partial charge in [-0.3, -0.25) is 34.7 Å². The molecule has 5 aromatic rings. The van der Waals surface area contributed by atoms with E-state index in [4.69, 9.17) is 14.2 Å². The van der Waals surface area contributed by atoms with E-state index in [1.165, 1.54) is 4.90 Å². The molecule has 0 bridgehead atoms. The maximum absolute atomic E-state index is 13.0. The van der Waals surface area contributed by atoms with Crippen LogP contribution in [0.5, 0.6) is 5.75 Å². The number of hydrogen-bond donors (Lipinski definition) is 4. The predicted molar refractivity (Wildman–Crippen MR) is 207 cm³/mol. The van der Waals surface area contributed by atoms with Crippen LogP contribution >= 0.6 is 0 Å². The van der Waals surface area contributed by atoms with Crippen molar-refractivity contribution in [1.82, 2.24) is 30.0 Å². The average molecular weight is 759 g/mol. The van der Waals surface area contributed by atoms with Crippen LogP contribution in [0.3, 0.4) is 0 Å². The van der Waals surface area contributed by atoms with Gasteiger partial charge < -0.3 is 24.4 Å². The summed E-state index contributed by atoms with van der Waals surface area (Å²) in [5, 5.41) is 15.0. The van der Waals surface area contributed by atoms with Crippen molar-refractivity contribution in [2.24, 2.45) is 0 Å². The molecule has 2 aliphatic heterocycles. The third kappa shape index (κ3) is 8.72. The van der Waals surface area contributed by atoms with Gasteiger partial charge in [-0.25, -0.2) is 9.78 Å². The number of fused-ring (bicyclic) bond motifs is 2. The van der Waals surface area contributed by atoms with Crippen LogP contribution in [0.2, 0.25) is 0 Å². The molecule has 0 saturated carbocycles. The van der Waals surface area contributed by atoms with E-state index in [2.05, 4.69) is 63.7 Å². The Balaban J connectivity index is 0.809. The maximum Gasteiger partial charge on any atom is 0.324 e. The van der Waals surface area contributed by atoms with Gasteiger partial charge in [0.05, 0.1) is 30.9 Å². The number of nitrogens with one attached hydrogen (secondary N) is 4. The van der Waals surface area contributed by atoms with E-state index in [1.807, 2.05) is 59.2 Å². The van der Waals surface area contributed by atoms with E-state index in [1.54, 1.807) is 18.5 Å². The third-order valence-corrected chi connectivity index (χ3v) is 9.40. The lowest BCUT2D eigenvalue weighted by molar-refractivity contribution is -0.136. The van der Waals surface area contributed by atoms with Crippen molar-refractivity contribution in [3.05, 3.63) is 95.4 Å². The molecule has 15 nitrogen and oxygen atoms in total. The number of amides is 5. The van der Waals surface area contributed by atoms with Crippen molar-refractivity contribution in [2.45, 2.75) is 51.6 Å². The first-order valence-electron chi connectivity index (χ1n) is 18.3. The standard InChI is InChI=1S/C41H42N8O7/c1-41(2,3)35-23-36(47-46-35)44-40(53)43-27-9-11-28(12-10-27)49-25-42-32-22-29(13-14-33(32)49)56-21-20-55-19-18-54-17-5-7-26-6-4-8-30-31(26)24-48(39(30)52)34-15-16-37(50)45-38(34)51/h4,6,8-14,22-23,25,34H,15-21,24H2,1-3H3,(H,45,50,51)(H3,43,44,46,47,53). The topological polar surface area (TPSA) is 182 Å². The third-order valence-electron chi connectivity index (χ3n) is 9.40. The van der Waals surface area contributed by atoms with Gasteiger partial charge in [-0.05, 0) is 60.5 Å². The van der Waals surface area contributed by atoms with Gasteiger partial charge in [0.25, 0.3) is 5.91 Å². The lowest BCUT2D eigenvalue weighted by atomic mass is 9.92. The van der Waals surface area contributed by atoms with E-state index in [9.17, 15) is 19.2 Å². The van der Waals surface area contributed by atoms with E-state index in [-0.39, 0.29) is 42.8 Å². The summed E-state index contributed by atoms with van der Waals surface area (Å²) in [5.74, 6) is 6.21. The van der Waals surface area contributed by atoms with Crippen LogP contribution in [0.1, 0.15) is 60.8 Å². The van der Waals surface area contributed by atoms with Gasteiger partial charge in [-0.15, -0.1) is 0 Å². The van der Waals surface area contributed by atoms with Crippen LogP contribution in [0, 0.1) is 11.8 Å². The van der Waals surface area contributed by atoms with Crippen molar-refractivity contribution in [2.75, 3.05) is 43.7 Å². The number of nitrogens with zero attached hydrogens (tertiary/aromatic N) is 4. The number of aromatic amines is 1. The Hall–Kier alpha value is -6.50. The summed E-state index contributed by atoms with van der Waals surface area (Å²) in [4.78, 5) is 55.5. The molecule has 2 aliphatic rings. The minimum absolute atomic E-state index is 0.106. The van der Waals surface area contributed by atoms with Crippen LogP contribution in [0.25, 0.3) is 16.7 Å². The van der Waals surface area contributed by atoms with Crippen molar-refractivity contribution in [1.29, 1.82) is 0 Å². The van der Waals surface area contributed by atoms with Crippen molar-refractivity contribution >= 4 is 46.3 Å². The summed E-state index contributed by atoms with van der Waals surface area (Å²) in [6, 6.07) is 19.3. The zero-order valence-corrected chi connectivity index (χ0v) is 31.3. The van der Waals surface area contributed by atoms with Crippen LogP contribution in [-0.4, -0.2) is 87.5 Å². The molecular formula is C41H42N8O7. The Labute approximate surface area is 323 Å². The number of piperidine rings is 1. The quantitative estimate of drug-likeness (QED) is 0.0781. The zero-order chi connectivity index (χ0) is 39.2. The van der Waals surface area contributed by atoms with E-state index < -0.39 is 11.9 Å². The molecule has 288 valence electrons. The van der Waals surface area contributed by atoms with Gasteiger partial charge in [0, 0.05) is 58.7 Å². The highest BCUT2D eigenvalue weighted by molar-refractivity contribution is 6.05. The molecule has 0 aliphatic carbocycles. The molecule has 1 atom stereocenters. The summed E-state index contributed by atoms with van der Waals surface area (Å²) >= 11 is 0. The highest BCUT2D eigenvalue weighted by atomic mass is 16.5. The Morgan fingerprint density at radius 2 is 1.77 bits per heavy atom. The summed E-state index contributed by atoms with van der Waals surface area (Å²) in [6.45, 7) is 8.07. The number of carbonyl (C=O) groups excluding carboxylic acids is 4. The molecule has 0 radical (unpaired) electrons. The van der Waals surface area contributed by atoms with Gasteiger partial charge in [0.15, 0.2) is 5.82 Å². The molecule has 7 rings (SSSR count). The SMILES string of the molecule is CC(C)(C)c1cc(NC(=O)Nc2ccc(-n3cnc4cc(OCCOCCOCC#Cc5cccc6c5CN(C5CCC(=O)NC5=O)C6=O)ccc43)cc2)n[nH]1. The van der Waals surface area contributed by atoms with E-state index in [0.29, 0.717) is 61.2 Å². The van der Waals surface area contributed by atoms with E-state index in [0.717, 1.165) is 28.0 Å². The number of imide groups is 1. The Bertz CT molecular complexity index is 2330. The molecule has 56 heavy (non-hydrogen) atoms. The highest BCUT2D eigenvalue weighted by Crippen LogP contribution is 2.30. The summed E-state index contributed by atoms with van der Waals surface area (Å²) in [5.41, 5.74) is 6.01. The molecule has 1 fully saturated rings. The second-order valence-corrected chi connectivity index (χ2v) is 14.4. The smallest absolute Gasteiger partial charge is 0.324 e. The number of imidazole rings is 1. The molecule has 2 aromatic heterocycles. The van der Waals surface area contributed by atoms with Crippen LogP contribution in [-0.2, 0) is 31.0 Å². The van der Waals surface area contributed by atoms with Crippen molar-refractivity contribution < 1.29 is 33.4 Å². The van der Waals surface area contributed by atoms with Gasteiger partial charge in [-0.1, -0.05) is 38.7 Å². The van der Waals surface area contributed by atoms with Gasteiger partial charge in [0.1, 0.15) is 31.3 Å². The summed E-state index contributed by atoms with van der Waals surface area (Å²) in [6.07, 6.45) is 2.26. The summed E-state index contributed by atoms with van der Waals surface area (Å²) in [7, 11) is 0. The molecule has 3 aromatic carbocycles. The molecule has 4 N–H and O–H groups in total. The van der Waals surface area contributed by atoms with E-state index >= 15 is 0 Å². The number of anilines is 2. The van der Waals surface area contributed by atoms with Gasteiger partial charge in [-0.2, -0.15) is 5.10 Å². The van der Waals surface area contributed by atoms with Crippen LogP contribution in [0.15, 0.2) is 73.1 Å². The second kappa shape index (κ2) is 16.5. The van der Waals surface area contributed by atoms with Crippen molar-refractivity contribution in [3.63, 3.8) is 0 Å². The Morgan fingerprint density at radius 3 is 2.55 bits per heavy atom. The summed E-state index contributed by atoms with van der Waals surface area (Å²) < 4.78 is 19.1. The minimum Gasteiger partial charge on any atom is -0.491 e. The normalized spacial score (nSPS) is 15.3. The molecule has 1 unspecified atom stereocenters. The predicted octanol–water partition coefficient (Wildman–Crippen LogP) is 4.91.